The Morgan fingerprint density at radius 3 is 2.90 bits per heavy atom. The minimum atomic E-state index is -0.768. The van der Waals surface area contributed by atoms with Crippen molar-refractivity contribution in [3.63, 3.8) is 0 Å². The lowest BCUT2D eigenvalue weighted by atomic mass is 9.68. The van der Waals surface area contributed by atoms with Gasteiger partial charge in [0, 0.05) is 0 Å². The predicted molar refractivity (Wildman–Crippen MR) is 72.5 cm³/mol. The van der Waals surface area contributed by atoms with Crippen molar-refractivity contribution >= 4 is 5.97 Å². The van der Waals surface area contributed by atoms with Crippen molar-refractivity contribution in [3.05, 3.63) is 21.9 Å². The van der Waals surface area contributed by atoms with E-state index in [-0.39, 0.29) is 17.7 Å². The summed E-state index contributed by atoms with van der Waals surface area (Å²) in [6.45, 7) is 3.04. The molecule has 0 bridgehead atoms. The van der Waals surface area contributed by atoms with E-state index < -0.39 is 17.3 Å². The molecule has 0 unspecified atom stereocenters. The van der Waals surface area contributed by atoms with Crippen molar-refractivity contribution in [2.75, 3.05) is 19.8 Å². The zero-order valence-electron chi connectivity index (χ0n) is 11.9. The average Bonchev–Trinajstić information content (AvgIpc) is 2.62. The van der Waals surface area contributed by atoms with Gasteiger partial charge < -0.3 is 14.6 Å². The molecule has 1 N–H and O–H groups in total. The van der Waals surface area contributed by atoms with E-state index in [0.717, 1.165) is 19.3 Å². The highest BCUT2D eigenvalue weighted by Gasteiger charge is 2.45. The molecule has 0 atom stereocenters. The second-order valence-corrected chi connectivity index (χ2v) is 5.50. The summed E-state index contributed by atoms with van der Waals surface area (Å²) in [4.78, 5) is 28.5. The van der Waals surface area contributed by atoms with Crippen LogP contribution in [0.5, 0.6) is 5.75 Å². The Labute approximate surface area is 121 Å². The molecule has 1 aromatic heterocycles. The fraction of sp³-hybridized carbons (Fsp3) is 0.643. The van der Waals surface area contributed by atoms with Gasteiger partial charge in [-0.2, -0.15) is 0 Å². The quantitative estimate of drug-likeness (QED) is 0.802. The Bertz CT molecular complexity index is 633. The molecule has 3 rings (SSSR count). The number of ether oxygens (including phenoxy) is 2. The van der Waals surface area contributed by atoms with Crippen LogP contribution in [0.3, 0.4) is 0 Å². The van der Waals surface area contributed by atoms with Crippen molar-refractivity contribution in [1.29, 1.82) is 0 Å². The maximum Gasteiger partial charge on any atom is 0.361 e. The summed E-state index contributed by atoms with van der Waals surface area (Å²) in [7, 11) is 0. The Balaban J connectivity index is 2.17. The minimum Gasteiger partial charge on any atom is -0.501 e. The number of carbonyl (C=O) groups excluding carboxylic acids is 1. The maximum absolute atomic E-state index is 12.3. The summed E-state index contributed by atoms with van der Waals surface area (Å²) in [5.41, 5.74) is -1.20. The van der Waals surface area contributed by atoms with Gasteiger partial charge >= 0.3 is 5.97 Å². The SMILES string of the molecule is CCOC(=O)c1nc2n(c(=O)c1O)CCOCC21CCC1. The molecule has 0 amide bonds. The molecule has 1 fully saturated rings. The molecular formula is C14H18N2O5. The second kappa shape index (κ2) is 5.14. The first-order chi connectivity index (χ1) is 10.1. The van der Waals surface area contributed by atoms with Crippen LogP contribution in [0.2, 0.25) is 0 Å². The molecule has 0 radical (unpaired) electrons. The highest BCUT2D eigenvalue weighted by atomic mass is 16.5. The number of esters is 1. The van der Waals surface area contributed by atoms with Crippen LogP contribution >= 0.6 is 0 Å². The van der Waals surface area contributed by atoms with Gasteiger partial charge in [-0.1, -0.05) is 6.42 Å². The fourth-order valence-corrected chi connectivity index (χ4v) is 2.96. The largest absolute Gasteiger partial charge is 0.501 e. The van der Waals surface area contributed by atoms with Crippen LogP contribution in [0.4, 0.5) is 0 Å². The third-order valence-electron chi connectivity index (χ3n) is 4.24. The first kappa shape index (κ1) is 14.1. The minimum absolute atomic E-state index is 0.159. The lowest BCUT2D eigenvalue weighted by molar-refractivity contribution is 0.0493. The van der Waals surface area contributed by atoms with Gasteiger partial charge in [0.15, 0.2) is 5.69 Å². The molecule has 1 aliphatic carbocycles. The Morgan fingerprint density at radius 2 is 2.29 bits per heavy atom. The van der Waals surface area contributed by atoms with Crippen LogP contribution in [0.25, 0.3) is 0 Å². The average molecular weight is 294 g/mol. The lowest BCUT2D eigenvalue weighted by Crippen LogP contribution is -2.43. The Morgan fingerprint density at radius 1 is 1.52 bits per heavy atom. The van der Waals surface area contributed by atoms with Crippen molar-refractivity contribution in [1.82, 2.24) is 9.55 Å². The van der Waals surface area contributed by atoms with Crippen LogP contribution in [-0.4, -0.2) is 40.4 Å². The smallest absolute Gasteiger partial charge is 0.361 e. The molecule has 1 aliphatic heterocycles. The van der Waals surface area contributed by atoms with Crippen LogP contribution in [0, 0.1) is 0 Å². The molecular weight excluding hydrogens is 276 g/mol. The van der Waals surface area contributed by atoms with Gasteiger partial charge in [0.05, 0.1) is 31.8 Å². The van der Waals surface area contributed by atoms with E-state index in [2.05, 4.69) is 4.98 Å². The molecule has 0 saturated heterocycles. The summed E-state index contributed by atoms with van der Waals surface area (Å²) >= 11 is 0. The highest BCUT2D eigenvalue weighted by molar-refractivity contribution is 5.90. The number of rotatable bonds is 2. The van der Waals surface area contributed by atoms with Gasteiger partial charge in [0.1, 0.15) is 5.82 Å². The third-order valence-corrected chi connectivity index (χ3v) is 4.24. The van der Waals surface area contributed by atoms with Crippen LogP contribution < -0.4 is 5.56 Å². The van der Waals surface area contributed by atoms with E-state index in [1.807, 2.05) is 0 Å². The van der Waals surface area contributed by atoms with Crippen LogP contribution in [0.1, 0.15) is 42.5 Å². The van der Waals surface area contributed by atoms with Gasteiger partial charge in [-0.3, -0.25) is 9.36 Å². The summed E-state index contributed by atoms with van der Waals surface area (Å²) < 4.78 is 11.9. The third kappa shape index (κ3) is 2.12. The van der Waals surface area contributed by atoms with Crippen molar-refractivity contribution in [3.8, 4) is 5.75 Å². The zero-order valence-corrected chi connectivity index (χ0v) is 11.9. The molecule has 2 aliphatic rings. The molecule has 0 aromatic carbocycles. The summed E-state index contributed by atoms with van der Waals surface area (Å²) in [6, 6.07) is 0. The standard InChI is InChI=1S/C14H18N2O5/c1-2-21-12(19)9-10(17)11(18)16-6-7-20-8-14(4-3-5-14)13(16)15-9/h17H,2-8H2,1H3. The molecule has 21 heavy (non-hydrogen) atoms. The van der Waals surface area contributed by atoms with Gasteiger partial charge in [-0.05, 0) is 19.8 Å². The number of carbonyl (C=O) groups is 1. The molecule has 1 aromatic rings. The Kier molecular flexibility index (Phi) is 3.44. The number of hydrogen-bond acceptors (Lipinski definition) is 6. The molecule has 2 heterocycles. The molecule has 114 valence electrons. The van der Waals surface area contributed by atoms with Gasteiger partial charge in [0.2, 0.25) is 5.75 Å². The first-order valence-electron chi connectivity index (χ1n) is 7.18. The van der Waals surface area contributed by atoms with E-state index in [4.69, 9.17) is 9.47 Å². The predicted octanol–water partition coefficient (Wildman–Crippen LogP) is 0.577. The van der Waals surface area contributed by atoms with E-state index in [0.29, 0.717) is 25.6 Å². The van der Waals surface area contributed by atoms with Crippen molar-refractivity contribution < 1.29 is 19.4 Å². The molecule has 1 saturated carbocycles. The number of fused-ring (bicyclic) bond motifs is 2. The Hall–Kier alpha value is -1.89. The van der Waals surface area contributed by atoms with Crippen molar-refractivity contribution in [2.45, 2.75) is 38.1 Å². The summed E-state index contributed by atoms with van der Waals surface area (Å²) in [5.74, 6) is -0.874. The number of aromatic nitrogens is 2. The van der Waals surface area contributed by atoms with Crippen LogP contribution in [-0.2, 0) is 21.4 Å². The maximum atomic E-state index is 12.3. The van der Waals surface area contributed by atoms with Gasteiger partial charge in [-0.15, -0.1) is 0 Å². The topological polar surface area (TPSA) is 90.7 Å². The monoisotopic (exact) mass is 294 g/mol. The summed E-state index contributed by atoms with van der Waals surface area (Å²) in [6.07, 6.45) is 2.77. The molecule has 7 nitrogen and oxygen atoms in total. The van der Waals surface area contributed by atoms with Gasteiger partial charge in [0.25, 0.3) is 5.56 Å². The zero-order chi connectivity index (χ0) is 15.0. The van der Waals surface area contributed by atoms with Crippen molar-refractivity contribution in [2.24, 2.45) is 0 Å². The number of nitrogens with zero attached hydrogens (tertiary/aromatic N) is 2. The summed E-state index contributed by atoms with van der Waals surface area (Å²) in [5, 5.41) is 9.97. The molecule has 7 heteroatoms. The van der Waals surface area contributed by atoms with E-state index in [1.165, 1.54) is 4.57 Å². The lowest BCUT2D eigenvalue weighted by Gasteiger charge is -2.40. The van der Waals surface area contributed by atoms with E-state index >= 15 is 0 Å². The number of aromatic hydroxyl groups is 1. The van der Waals surface area contributed by atoms with Crippen LogP contribution in [0.15, 0.2) is 4.79 Å². The van der Waals surface area contributed by atoms with Gasteiger partial charge in [-0.25, -0.2) is 9.78 Å². The molecule has 1 spiro atoms. The van der Waals surface area contributed by atoms with E-state index in [9.17, 15) is 14.7 Å². The second-order valence-electron chi connectivity index (χ2n) is 5.50. The fourth-order valence-electron chi connectivity index (χ4n) is 2.96. The highest BCUT2D eigenvalue weighted by Crippen LogP contribution is 2.44. The van der Waals surface area contributed by atoms with E-state index in [1.54, 1.807) is 6.92 Å². The first-order valence-corrected chi connectivity index (χ1v) is 7.18. The number of hydrogen-bond donors (Lipinski definition) is 1. The normalized spacial score (nSPS) is 19.5.